The van der Waals surface area contributed by atoms with Gasteiger partial charge in [0.15, 0.2) is 0 Å². The van der Waals surface area contributed by atoms with E-state index in [1.165, 1.54) is 36.4 Å². The van der Waals surface area contributed by atoms with Gasteiger partial charge in [0.05, 0.1) is 19.1 Å². The standard InChI is InChI=1S/C29H30F3NO3/c1-2-35-28(34)21-4-3-17-33(20-21)18-19-36-29(22-5-11-25(30)12-6-22,23-7-13-26(31)14-8-23)24-9-15-27(32)16-10-24/h5-16,21H,2-4,17-20H2,1H3. The van der Waals surface area contributed by atoms with Gasteiger partial charge >= 0.3 is 5.97 Å². The molecule has 1 atom stereocenters. The van der Waals surface area contributed by atoms with Crippen molar-refractivity contribution < 1.29 is 27.4 Å². The molecule has 36 heavy (non-hydrogen) atoms. The van der Waals surface area contributed by atoms with Crippen molar-refractivity contribution in [1.82, 2.24) is 4.90 Å². The molecule has 3 aromatic rings. The molecule has 1 aliphatic heterocycles. The molecule has 1 heterocycles. The predicted octanol–water partition coefficient (Wildman–Crippen LogP) is 5.69. The summed E-state index contributed by atoms with van der Waals surface area (Å²) in [5, 5.41) is 0. The van der Waals surface area contributed by atoms with Gasteiger partial charge in [-0.15, -0.1) is 0 Å². The van der Waals surface area contributed by atoms with E-state index in [1.807, 2.05) is 0 Å². The lowest BCUT2D eigenvalue weighted by Gasteiger charge is -2.37. The van der Waals surface area contributed by atoms with Crippen LogP contribution in [0, 0.1) is 23.4 Å². The van der Waals surface area contributed by atoms with Crippen molar-refractivity contribution in [1.29, 1.82) is 0 Å². The lowest BCUT2D eigenvalue weighted by Crippen LogP contribution is -2.42. The number of hydrogen-bond acceptors (Lipinski definition) is 4. The number of benzene rings is 3. The maximum Gasteiger partial charge on any atom is 0.310 e. The van der Waals surface area contributed by atoms with Gasteiger partial charge in [0.25, 0.3) is 0 Å². The average Bonchev–Trinajstić information content (AvgIpc) is 2.89. The van der Waals surface area contributed by atoms with Gasteiger partial charge in [-0.3, -0.25) is 4.79 Å². The summed E-state index contributed by atoms with van der Waals surface area (Å²) in [6.45, 7) is 4.37. The fourth-order valence-electron chi connectivity index (χ4n) is 4.84. The highest BCUT2D eigenvalue weighted by atomic mass is 19.1. The molecule has 7 heteroatoms. The summed E-state index contributed by atoms with van der Waals surface area (Å²) >= 11 is 0. The number of hydrogen-bond donors (Lipinski definition) is 0. The summed E-state index contributed by atoms with van der Waals surface area (Å²) in [7, 11) is 0. The van der Waals surface area contributed by atoms with E-state index in [4.69, 9.17) is 9.47 Å². The fourth-order valence-corrected chi connectivity index (χ4v) is 4.84. The van der Waals surface area contributed by atoms with E-state index in [-0.39, 0.29) is 18.5 Å². The average molecular weight is 498 g/mol. The first-order valence-corrected chi connectivity index (χ1v) is 12.2. The second-order valence-corrected chi connectivity index (χ2v) is 8.94. The molecule has 190 valence electrons. The highest BCUT2D eigenvalue weighted by Gasteiger charge is 2.38. The molecule has 0 saturated carbocycles. The summed E-state index contributed by atoms with van der Waals surface area (Å²) in [5.41, 5.74) is 0.659. The van der Waals surface area contributed by atoms with E-state index in [0.29, 0.717) is 36.4 Å². The number of rotatable bonds is 9. The SMILES string of the molecule is CCOC(=O)C1CCCN(CCOC(c2ccc(F)cc2)(c2ccc(F)cc2)c2ccc(F)cc2)C1. The van der Waals surface area contributed by atoms with Gasteiger partial charge in [-0.25, -0.2) is 13.2 Å². The van der Waals surface area contributed by atoms with Crippen LogP contribution < -0.4 is 0 Å². The quantitative estimate of drug-likeness (QED) is 0.281. The maximum absolute atomic E-state index is 13.9. The highest BCUT2D eigenvalue weighted by Crippen LogP contribution is 2.41. The van der Waals surface area contributed by atoms with Crippen molar-refractivity contribution in [2.45, 2.75) is 25.4 Å². The van der Waals surface area contributed by atoms with Gasteiger partial charge < -0.3 is 14.4 Å². The molecule has 1 aliphatic rings. The lowest BCUT2D eigenvalue weighted by atomic mass is 9.80. The van der Waals surface area contributed by atoms with Crippen LogP contribution in [0.5, 0.6) is 0 Å². The second kappa shape index (κ2) is 11.7. The summed E-state index contributed by atoms with van der Waals surface area (Å²) in [6, 6.07) is 17.8. The molecule has 0 N–H and O–H groups in total. The molecule has 3 aromatic carbocycles. The first-order chi connectivity index (χ1) is 17.4. The van der Waals surface area contributed by atoms with Crippen LogP contribution in [-0.2, 0) is 19.9 Å². The maximum atomic E-state index is 13.9. The Morgan fingerprint density at radius 1 is 0.861 bits per heavy atom. The van der Waals surface area contributed by atoms with Gasteiger partial charge in [-0.1, -0.05) is 36.4 Å². The zero-order valence-electron chi connectivity index (χ0n) is 20.3. The van der Waals surface area contributed by atoms with Gasteiger partial charge in [0.1, 0.15) is 23.1 Å². The van der Waals surface area contributed by atoms with Crippen LogP contribution in [-0.4, -0.2) is 43.7 Å². The van der Waals surface area contributed by atoms with E-state index in [0.717, 1.165) is 19.4 Å². The van der Waals surface area contributed by atoms with Crippen LogP contribution in [0.25, 0.3) is 0 Å². The van der Waals surface area contributed by atoms with Crippen LogP contribution in [0.2, 0.25) is 0 Å². The van der Waals surface area contributed by atoms with E-state index >= 15 is 0 Å². The van der Waals surface area contributed by atoms with Crippen LogP contribution in [0.3, 0.4) is 0 Å². The largest absolute Gasteiger partial charge is 0.466 e. The smallest absolute Gasteiger partial charge is 0.310 e. The summed E-state index contributed by atoms with van der Waals surface area (Å²) in [5.74, 6) is -1.55. The Bertz CT molecular complexity index is 1020. The summed E-state index contributed by atoms with van der Waals surface area (Å²) < 4.78 is 53.4. The molecule has 1 saturated heterocycles. The number of esters is 1. The van der Waals surface area contributed by atoms with E-state index < -0.39 is 23.1 Å². The Morgan fingerprint density at radius 2 is 1.33 bits per heavy atom. The Morgan fingerprint density at radius 3 is 1.78 bits per heavy atom. The molecule has 0 bridgehead atoms. The number of carbonyl (C=O) groups is 1. The Labute approximate surface area is 209 Å². The molecular formula is C29H30F3NO3. The van der Waals surface area contributed by atoms with Gasteiger partial charge in [0, 0.05) is 13.1 Å². The molecular weight excluding hydrogens is 467 g/mol. The number of piperidine rings is 1. The zero-order chi connectivity index (χ0) is 25.5. The number of halogens is 3. The molecule has 0 spiro atoms. The third-order valence-corrected chi connectivity index (χ3v) is 6.60. The molecule has 0 radical (unpaired) electrons. The molecule has 4 nitrogen and oxygen atoms in total. The normalized spacial score (nSPS) is 16.6. The predicted molar refractivity (Wildman–Crippen MR) is 131 cm³/mol. The second-order valence-electron chi connectivity index (χ2n) is 8.94. The van der Waals surface area contributed by atoms with Crippen LogP contribution in [0.1, 0.15) is 36.5 Å². The molecule has 0 amide bonds. The Balaban J connectivity index is 1.66. The first kappa shape index (κ1) is 25.9. The van der Waals surface area contributed by atoms with Crippen molar-refractivity contribution >= 4 is 5.97 Å². The zero-order valence-corrected chi connectivity index (χ0v) is 20.3. The van der Waals surface area contributed by atoms with Gasteiger partial charge in [-0.2, -0.15) is 0 Å². The Hall–Kier alpha value is -3.16. The highest BCUT2D eigenvalue weighted by molar-refractivity contribution is 5.72. The number of carbonyl (C=O) groups excluding carboxylic acids is 1. The van der Waals surface area contributed by atoms with Gasteiger partial charge in [-0.05, 0) is 79.4 Å². The van der Waals surface area contributed by atoms with E-state index in [9.17, 15) is 18.0 Å². The van der Waals surface area contributed by atoms with Crippen molar-refractivity contribution in [2.75, 3.05) is 32.8 Å². The van der Waals surface area contributed by atoms with Crippen LogP contribution >= 0.6 is 0 Å². The molecule has 1 unspecified atom stereocenters. The number of nitrogens with zero attached hydrogens (tertiary/aromatic N) is 1. The number of ether oxygens (including phenoxy) is 2. The molecule has 4 rings (SSSR count). The monoisotopic (exact) mass is 497 g/mol. The summed E-state index contributed by atoms with van der Waals surface area (Å²) in [6.07, 6.45) is 1.67. The van der Waals surface area contributed by atoms with Crippen molar-refractivity contribution in [3.05, 3.63) is 107 Å². The third kappa shape index (κ3) is 5.79. The fraction of sp³-hybridized carbons (Fsp3) is 0.345. The topological polar surface area (TPSA) is 38.8 Å². The first-order valence-electron chi connectivity index (χ1n) is 12.2. The molecule has 1 fully saturated rings. The van der Waals surface area contributed by atoms with Crippen LogP contribution in [0.4, 0.5) is 13.2 Å². The minimum atomic E-state index is -1.23. The Kier molecular flexibility index (Phi) is 8.44. The third-order valence-electron chi connectivity index (χ3n) is 6.60. The minimum Gasteiger partial charge on any atom is -0.466 e. The van der Waals surface area contributed by atoms with Gasteiger partial charge in [0.2, 0.25) is 0 Å². The molecule has 0 aliphatic carbocycles. The number of likely N-dealkylation sites (tertiary alicyclic amines) is 1. The summed E-state index contributed by atoms with van der Waals surface area (Å²) in [4.78, 5) is 14.4. The van der Waals surface area contributed by atoms with Crippen LogP contribution in [0.15, 0.2) is 72.8 Å². The van der Waals surface area contributed by atoms with Crippen molar-refractivity contribution in [2.24, 2.45) is 5.92 Å². The van der Waals surface area contributed by atoms with Crippen molar-refractivity contribution in [3.8, 4) is 0 Å². The minimum absolute atomic E-state index is 0.172. The van der Waals surface area contributed by atoms with E-state index in [2.05, 4.69) is 4.90 Å². The molecule has 0 aromatic heterocycles. The lowest BCUT2D eigenvalue weighted by molar-refractivity contribution is -0.150. The van der Waals surface area contributed by atoms with E-state index in [1.54, 1.807) is 43.3 Å². The van der Waals surface area contributed by atoms with Crippen molar-refractivity contribution in [3.63, 3.8) is 0 Å².